The van der Waals surface area contributed by atoms with Gasteiger partial charge in [0.1, 0.15) is 5.60 Å². The largest absolute Gasteiger partial charge is 0.444 e. The van der Waals surface area contributed by atoms with Crippen molar-refractivity contribution >= 4 is 6.09 Å². The van der Waals surface area contributed by atoms with Crippen LogP contribution >= 0.6 is 0 Å². The van der Waals surface area contributed by atoms with E-state index in [1.54, 1.807) is 0 Å². The van der Waals surface area contributed by atoms with E-state index >= 15 is 0 Å². The standard InChI is InChI=1S/C17H30N4O2/c1-12-13(11-21(5)20-12)10-18-14-7-6-8-15(9-14)19-16(22)23-17(2,3)4/h11,14-15,18H,6-10H2,1-5H3,(H,19,22). The van der Waals surface area contributed by atoms with Crippen LogP contribution in [0.2, 0.25) is 0 Å². The fourth-order valence-electron chi connectivity index (χ4n) is 3.06. The molecule has 0 aliphatic heterocycles. The second kappa shape index (κ2) is 7.34. The monoisotopic (exact) mass is 322 g/mol. The molecule has 0 radical (unpaired) electrons. The van der Waals surface area contributed by atoms with Crippen molar-refractivity contribution in [2.75, 3.05) is 0 Å². The Hall–Kier alpha value is -1.56. The first-order valence-electron chi connectivity index (χ1n) is 8.45. The average Bonchev–Trinajstić information content (AvgIpc) is 2.73. The Bertz CT molecular complexity index is 533. The molecular formula is C17H30N4O2. The van der Waals surface area contributed by atoms with Crippen molar-refractivity contribution in [1.82, 2.24) is 20.4 Å². The molecule has 1 aromatic rings. The Morgan fingerprint density at radius 3 is 2.70 bits per heavy atom. The quantitative estimate of drug-likeness (QED) is 0.894. The normalized spacial score (nSPS) is 22.0. The van der Waals surface area contributed by atoms with Crippen molar-refractivity contribution in [3.05, 3.63) is 17.5 Å². The SMILES string of the molecule is Cc1nn(C)cc1CNC1CCCC(NC(=O)OC(C)(C)C)C1. The van der Waals surface area contributed by atoms with Crippen molar-refractivity contribution < 1.29 is 9.53 Å². The molecule has 130 valence electrons. The molecule has 0 saturated heterocycles. The average molecular weight is 322 g/mol. The highest BCUT2D eigenvalue weighted by Gasteiger charge is 2.25. The summed E-state index contributed by atoms with van der Waals surface area (Å²) in [5.41, 5.74) is 1.85. The fourth-order valence-corrected chi connectivity index (χ4v) is 3.06. The molecule has 1 fully saturated rings. The van der Waals surface area contributed by atoms with Gasteiger partial charge in [0.2, 0.25) is 0 Å². The van der Waals surface area contributed by atoms with Crippen molar-refractivity contribution in [2.45, 2.75) is 77.6 Å². The lowest BCUT2D eigenvalue weighted by Crippen LogP contribution is -2.45. The van der Waals surface area contributed by atoms with Crippen LogP contribution in [0.15, 0.2) is 6.20 Å². The molecule has 6 heteroatoms. The van der Waals surface area contributed by atoms with Crippen LogP contribution in [-0.2, 0) is 18.3 Å². The highest BCUT2D eigenvalue weighted by Crippen LogP contribution is 2.20. The minimum Gasteiger partial charge on any atom is -0.444 e. The van der Waals surface area contributed by atoms with Crippen LogP contribution < -0.4 is 10.6 Å². The van der Waals surface area contributed by atoms with Crippen LogP contribution in [0, 0.1) is 6.92 Å². The summed E-state index contributed by atoms with van der Waals surface area (Å²) in [7, 11) is 1.94. The number of ether oxygens (including phenoxy) is 1. The molecule has 0 bridgehead atoms. The van der Waals surface area contributed by atoms with E-state index in [0.717, 1.165) is 37.9 Å². The molecule has 1 aliphatic carbocycles. The first-order chi connectivity index (χ1) is 10.7. The molecule has 0 spiro atoms. The molecule has 23 heavy (non-hydrogen) atoms. The van der Waals surface area contributed by atoms with Gasteiger partial charge < -0.3 is 15.4 Å². The number of amides is 1. The third kappa shape index (κ3) is 5.86. The maximum Gasteiger partial charge on any atom is 0.407 e. The smallest absolute Gasteiger partial charge is 0.407 e. The fraction of sp³-hybridized carbons (Fsp3) is 0.765. The van der Waals surface area contributed by atoms with Crippen LogP contribution in [0.5, 0.6) is 0 Å². The second-order valence-corrected chi connectivity index (χ2v) is 7.50. The van der Waals surface area contributed by atoms with E-state index in [1.165, 1.54) is 5.56 Å². The summed E-state index contributed by atoms with van der Waals surface area (Å²) in [4.78, 5) is 11.9. The van der Waals surface area contributed by atoms with E-state index < -0.39 is 5.60 Å². The van der Waals surface area contributed by atoms with Crippen LogP contribution in [0.25, 0.3) is 0 Å². The predicted octanol–water partition coefficient (Wildman–Crippen LogP) is 2.65. The molecule has 2 N–H and O–H groups in total. The maximum atomic E-state index is 11.9. The number of carbonyl (C=O) groups is 1. The zero-order valence-electron chi connectivity index (χ0n) is 15.0. The van der Waals surface area contributed by atoms with Gasteiger partial charge in [-0.1, -0.05) is 0 Å². The Balaban J connectivity index is 1.79. The number of rotatable bonds is 4. The number of hydrogen-bond donors (Lipinski definition) is 2. The molecule has 2 atom stereocenters. The van der Waals surface area contributed by atoms with Gasteiger partial charge in [0, 0.05) is 37.4 Å². The summed E-state index contributed by atoms with van der Waals surface area (Å²) in [5.74, 6) is 0. The third-order valence-corrected chi connectivity index (χ3v) is 4.09. The van der Waals surface area contributed by atoms with Crippen LogP contribution in [0.4, 0.5) is 4.79 Å². The lowest BCUT2D eigenvalue weighted by molar-refractivity contribution is 0.0488. The molecule has 0 aromatic carbocycles. The minimum absolute atomic E-state index is 0.186. The number of aryl methyl sites for hydroxylation is 2. The number of hydrogen-bond acceptors (Lipinski definition) is 4. The number of nitrogens with zero attached hydrogens (tertiary/aromatic N) is 2. The van der Waals surface area contributed by atoms with Crippen molar-refractivity contribution in [3.63, 3.8) is 0 Å². The van der Waals surface area contributed by atoms with E-state index in [2.05, 4.69) is 21.9 Å². The first kappa shape index (κ1) is 17.8. The molecule has 2 rings (SSSR count). The third-order valence-electron chi connectivity index (χ3n) is 4.09. The second-order valence-electron chi connectivity index (χ2n) is 7.50. The van der Waals surface area contributed by atoms with Gasteiger partial charge in [0.15, 0.2) is 0 Å². The molecule has 1 saturated carbocycles. The summed E-state index contributed by atoms with van der Waals surface area (Å²) in [6.45, 7) is 8.50. The Kier molecular flexibility index (Phi) is 5.68. The van der Waals surface area contributed by atoms with E-state index in [9.17, 15) is 4.79 Å². The van der Waals surface area contributed by atoms with Gasteiger partial charge in [-0.05, 0) is 53.4 Å². The van der Waals surface area contributed by atoms with Gasteiger partial charge in [0.05, 0.1) is 5.69 Å². The summed E-state index contributed by atoms with van der Waals surface area (Å²) in [6.07, 6.45) is 5.96. The minimum atomic E-state index is -0.450. The van der Waals surface area contributed by atoms with Gasteiger partial charge in [-0.3, -0.25) is 4.68 Å². The predicted molar refractivity (Wildman–Crippen MR) is 90.2 cm³/mol. The van der Waals surface area contributed by atoms with E-state index in [0.29, 0.717) is 6.04 Å². The van der Waals surface area contributed by atoms with E-state index in [1.807, 2.05) is 39.4 Å². The van der Waals surface area contributed by atoms with Gasteiger partial charge in [-0.25, -0.2) is 4.79 Å². The molecule has 1 aliphatic rings. The number of nitrogens with one attached hydrogen (secondary N) is 2. The van der Waals surface area contributed by atoms with Gasteiger partial charge in [-0.15, -0.1) is 0 Å². The Morgan fingerprint density at radius 1 is 1.39 bits per heavy atom. The summed E-state index contributed by atoms with van der Waals surface area (Å²) >= 11 is 0. The maximum absolute atomic E-state index is 11.9. The summed E-state index contributed by atoms with van der Waals surface area (Å²) in [5, 5.41) is 11.0. The zero-order chi connectivity index (χ0) is 17.0. The summed E-state index contributed by atoms with van der Waals surface area (Å²) in [6, 6.07) is 0.606. The van der Waals surface area contributed by atoms with E-state index in [-0.39, 0.29) is 12.1 Å². The van der Waals surface area contributed by atoms with E-state index in [4.69, 9.17) is 4.74 Å². The first-order valence-corrected chi connectivity index (χ1v) is 8.45. The lowest BCUT2D eigenvalue weighted by atomic mass is 9.91. The van der Waals surface area contributed by atoms with Crippen LogP contribution in [-0.4, -0.2) is 33.6 Å². The van der Waals surface area contributed by atoms with Crippen molar-refractivity contribution in [2.24, 2.45) is 7.05 Å². The number of alkyl carbamates (subject to hydrolysis) is 1. The Labute approximate surface area is 139 Å². The Morgan fingerprint density at radius 2 is 2.09 bits per heavy atom. The lowest BCUT2D eigenvalue weighted by Gasteiger charge is -2.31. The zero-order valence-corrected chi connectivity index (χ0v) is 15.0. The summed E-state index contributed by atoms with van der Waals surface area (Å²) < 4.78 is 7.19. The van der Waals surface area contributed by atoms with Gasteiger partial charge in [-0.2, -0.15) is 5.10 Å². The van der Waals surface area contributed by atoms with Crippen molar-refractivity contribution in [1.29, 1.82) is 0 Å². The molecule has 2 unspecified atom stereocenters. The molecular weight excluding hydrogens is 292 g/mol. The molecule has 1 aromatic heterocycles. The van der Waals surface area contributed by atoms with Crippen LogP contribution in [0.1, 0.15) is 57.7 Å². The number of aromatic nitrogens is 2. The van der Waals surface area contributed by atoms with Gasteiger partial charge in [0.25, 0.3) is 0 Å². The molecule has 6 nitrogen and oxygen atoms in total. The van der Waals surface area contributed by atoms with Crippen molar-refractivity contribution in [3.8, 4) is 0 Å². The topological polar surface area (TPSA) is 68.2 Å². The highest BCUT2D eigenvalue weighted by atomic mass is 16.6. The molecule has 1 heterocycles. The molecule has 1 amide bonds. The number of carbonyl (C=O) groups excluding carboxylic acids is 1. The highest BCUT2D eigenvalue weighted by molar-refractivity contribution is 5.68. The van der Waals surface area contributed by atoms with Gasteiger partial charge >= 0.3 is 6.09 Å². The van der Waals surface area contributed by atoms with Crippen LogP contribution in [0.3, 0.4) is 0 Å².